The van der Waals surface area contributed by atoms with E-state index in [0.717, 1.165) is 6.42 Å². The maximum atomic E-state index is 12.1. The molecule has 2 amide bonds. The first-order chi connectivity index (χ1) is 16.1. The summed E-state index contributed by atoms with van der Waals surface area (Å²) < 4.78 is 20.2. The molecule has 2 unspecified atom stereocenters. The molecule has 36 heavy (non-hydrogen) atoms. The van der Waals surface area contributed by atoms with Gasteiger partial charge < -0.3 is 18.9 Å². The van der Waals surface area contributed by atoms with Gasteiger partial charge in [0.25, 0.3) is 0 Å². The van der Waals surface area contributed by atoms with Gasteiger partial charge in [-0.25, -0.2) is 19.2 Å². The topological polar surface area (TPSA) is 112 Å². The molecule has 0 N–H and O–H groups in total. The third-order valence-electron chi connectivity index (χ3n) is 5.92. The number of likely N-dealkylation sites (tertiary alicyclic amines) is 2. The third-order valence-corrected chi connectivity index (χ3v) is 5.92. The summed E-state index contributed by atoms with van der Waals surface area (Å²) >= 11 is 0. The molecule has 0 bridgehead atoms. The minimum atomic E-state index is -0.572. The monoisotopic (exact) mass is 514 g/mol. The molecule has 10 heteroatoms. The summed E-state index contributed by atoms with van der Waals surface area (Å²) in [5.74, 6) is -0.769. The van der Waals surface area contributed by atoms with Crippen molar-refractivity contribution in [2.45, 2.75) is 105 Å². The fourth-order valence-electron chi connectivity index (χ4n) is 4.30. The van der Waals surface area contributed by atoms with Crippen LogP contribution in [0.25, 0.3) is 0 Å². The molecule has 0 aromatic carbocycles. The molecule has 2 rings (SSSR count). The van der Waals surface area contributed by atoms with Crippen LogP contribution in [0.2, 0.25) is 0 Å². The summed E-state index contributed by atoms with van der Waals surface area (Å²) in [7, 11) is 2.67. The molecular formula is C26H46N2O8. The number of esters is 2. The van der Waals surface area contributed by atoms with Gasteiger partial charge in [-0.3, -0.25) is 9.80 Å². The van der Waals surface area contributed by atoms with Gasteiger partial charge >= 0.3 is 24.1 Å². The fourth-order valence-corrected chi connectivity index (χ4v) is 4.30. The normalized spacial score (nSPS) is 22.8. The van der Waals surface area contributed by atoms with Crippen molar-refractivity contribution < 1.29 is 38.1 Å². The van der Waals surface area contributed by atoms with E-state index < -0.39 is 35.5 Å². The molecule has 0 aliphatic carbocycles. The number of rotatable bonds is 2. The van der Waals surface area contributed by atoms with E-state index in [9.17, 15) is 19.2 Å². The number of carbonyl (C=O) groups excluding carboxylic acids is 4. The lowest BCUT2D eigenvalue weighted by atomic mass is 9.85. The van der Waals surface area contributed by atoms with Gasteiger partial charge in [-0.2, -0.15) is 0 Å². The van der Waals surface area contributed by atoms with Crippen molar-refractivity contribution in [3.8, 4) is 0 Å². The quantitative estimate of drug-likeness (QED) is 0.394. The predicted molar refractivity (Wildman–Crippen MR) is 134 cm³/mol. The lowest BCUT2D eigenvalue weighted by Gasteiger charge is -2.31. The molecule has 2 saturated heterocycles. The van der Waals surface area contributed by atoms with E-state index in [1.54, 1.807) is 41.5 Å². The molecule has 0 aromatic heterocycles. The zero-order chi connectivity index (χ0) is 28.3. The molecule has 2 heterocycles. The average molecular weight is 515 g/mol. The first-order valence-corrected chi connectivity index (χ1v) is 12.3. The van der Waals surface area contributed by atoms with Crippen LogP contribution in [0, 0.1) is 10.8 Å². The summed E-state index contributed by atoms with van der Waals surface area (Å²) in [4.78, 5) is 50.6. The van der Waals surface area contributed by atoms with Gasteiger partial charge in [0.1, 0.15) is 23.3 Å². The maximum Gasteiger partial charge on any atom is 0.411 e. The third kappa shape index (κ3) is 8.85. The molecular weight excluding hydrogens is 468 g/mol. The lowest BCUT2D eigenvalue weighted by molar-refractivity contribution is -0.148. The molecule has 0 radical (unpaired) electrons. The second-order valence-corrected chi connectivity index (χ2v) is 12.9. The SMILES string of the molecule is COC(=O)C1CC(C)(C)CN1C(=O)OC(C)(C)C.COC(=O)C1N(C(=O)OC(C)(C)C)CCC1(C)C. The van der Waals surface area contributed by atoms with Gasteiger partial charge in [0.2, 0.25) is 0 Å². The van der Waals surface area contributed by atoms with Crippen LogP contribution in [0.1, 0.15) is 82.1 Å². The van der Waals surface area contributed by atoms with E-state index in [4.69, 9.17) is 18.9 Å². The van der Waals surface area contributed by atoms with Crippen molar-refractivity contribution in [2.75, 3.05) is 27.3 Å². The summed E-state index contributed by atoms with van der Waals surface area (Å²) in [6, 6.07) is -1.11. The summed E-state index contributed by atoms with van der Waals surface area (Å²) in [6.45, 7) is 19.8. The molecule has 2 fully saturated rings. The Bertz CT molecular complexity index is 797. The highest BCUT2D eigenvalue weighted by molar-refractivity contribution is 5.83. The molecule has 0 spiro atoms. The van der Waals surface area contributed by atoms with Gasteiger partial charge in [0.15, 0.2) is 0 Å². The van der Waals surface area contributed by atoms with E-state index in [2.05, 4.69) is 0 Å². The summed E-state index contributed by atoms with van der Waals surface area (Å²) in [5.41, 5.74) is -1.52. The van der Waals surface area contributed by atoms with E-state index in [0.29, 0.717) is 19.5 Å². The minimum Gasteiger partial charge on any atom is -0.467 e. The van der Waals surface area contributed by atoms with Crippen molar-refractivity contribution in [1.29, 1.82) is 0 Å². The van der Waals surface area contributed by atoms with Crippen molar-refractivity contribution >= 4 is 24.1 Å². The van der Waals surface area contributed by atoms with Gasteiger partial charge in [0.05, 0.1) is 14.2 Å². The second-order valence-electron chi connectivity index (χ2n) is 12.9. The van der Waals surface area contributed by atoms with Gasteiger partial charge in [-0.1, -0.05) is 27.7 Å². The molecule has 2 aliphatic heterocycles. The van der Waals surface area contributed by atoms with Crippen LogP contribution < -0.4 is 0 Å². The number of hydrogen-bond donors (Lipinski definition) is 0. The highest BCUT2D eigenvalue weighted by Crippen LogP contribution is 2.38. The largest absolute Gasteiger partial charge is 0.467 e. The lowest BCUT2D eigenvalue weighted by Crippen LogP contribution is -2.48. The van der Waals surface area contributed by atoms with Crippen LogP contribution in [0.3, 0.4) is 0 Å². The second kappa shape index (κ2) is 11.3. The first kappa shape index (κ1) is 31.5. The van der Waals surface area contributed by atoms with Crippen LogP contribution in [0.15, 0.2) is 0 Å². The molecule has 0 saturated carbocycles. The van der Waals surface area contributed by atoms with E-state index in [1.807, 2.05) is 27.7 Å². The van der Waals surface area contributed by atoms with Crippen molar-refractivity contribution in [3.05, 3.63) is 0 Å². The van der Waals surface area contributed by atoms with Crippen LogP contribution in [-0.2, 0) is 28.5 Å². The van der Waals surface area contributed by atoms with Crippen LogP contribution in [-0.4, -0.2) is 84.5 Å². The van der Waals surface area contributed by atoms with Crippen molar-refractivity contribution in [1.82, 2.24) is 9.80 Å². The van der Waals surface area contributed by atoms with Crippen LogP contribution >= 0.6 is 0 Å². The Balaban J connectivity index is 0.000000360. The van der Waals surface area contributed by atoms with E-state index in [-0.39, 0.29) is 22.8 Å². The fraction of sp³-hybridized carbons (Fsp3) is 0.846. The molecule has 2 atom stereocenters. The highest BCUT2D eigenvalue weighted by atomic mass is 16.6. The standard InChI is InChI=1S/2C13H23NO4/c1-12(2,3)18-11(16)14-8-13(4,5)7-9(14)10(15)17-6;1-12(2,3)18-11(16)14-8-7-13(4,5)9(14)10(15)17-6/h2*9H,7-8H2,1-6H3. The smallest absolute Gasteiger partial charge is 0.411 e. The van der Waals surface area contributed by atoms with Gasteiger partial charge in [-0.15, -0.1) is 0 Å². The summed E-state index contributed by atoms with van der Waals surface area (Å²) in [6.07, 6.45) is 0.442. The zero-order valence-electron chi connectivity index (χ0n) is 24.1. The molecule has 2 aliphatic rings. The number of ether oxygens (including phenoxy) is 4. The Labute approximate surface area is 215 Å². The number of nitrogens with zero attached hydrogens (tertiary/aromatic N) is 2. The number of amides is 2. The van der Waals surface area contributed by atoms with Crippen molar-refractivity contribution in [3.63, 3.8) is 0 Å². The Morgan fingerprint density at radius 1 is 0.750 bits per heavy atom. The summed E-state index contributed by atoms with van der Waals surface area (Å²) in [5, 5.41) is 0. The predicted octanol–water partition coefficient (Wildman–Crippen LogP) is 4.39. The Morgan fingerprint density at radius 2 is 1.19 bits per heavy atom. The number of methoxy groups -OCH3 is 2. The maximum absolute atomic E-state index is 12.1. The molecule has 10 nitrogen and oxygen atoms in total. The number of carbonyl (C=O) groups is 4. The Kier molecular flexibility index (Phi) is 9.85. The minimum absolute atomic E-state index is 0.101. The van der Waals surface area contributed by atoms with Gasteiger partial charge in [-0.05, 0) is 65.2 Å². The average Bonchev–Trinajstić information content (AvgIpc) is 3.20. The van der Waals surface area contributed by atoms with Crippen LogP contribution in [0.5, 0.6) is 0 Å². The molecule has 0 aromatic rings. The van der Waals surface area contributed by atoms with Crippen molar-refractivity contribution in [2.24, 2.45) is 10.8 Å². The highest BCUT2D eigenvalue weighted by Gasteiger charge is 2.49. The van der Waals surface area contributed by atoms with Gasteiger partial charge in [0, 0.05) is 13.1 Å². The van der Waals surface area contributed by atoms with E-state index >= 15 is 0 Å². The number of hydrogen-bond acceptors (Lipinski definition) is 8. The Morgan fingerprint density at radius 3 is 1.61 bits per heavy atom. The van der Waals surface area contributed by atoms with Crippen LogP contribution in [0.4, 0.5) is 9.59 Å². The molecule has 208 valence electrons. The Hall–Kier alpha value is -2.52. The van der Waals surface area contributed by atoms with E-state index in [1.165, 1.54) is 24.0 Å². The zero-order valence-corrected chi connectivity index (χ0v) is 24.1. The first-order valence-electron chi connectivity index (χ1n) is 12.3.